The molecule has 1 aromatic heterocycles. The summed E-state index contributed by atoms with van der Waals surface area (Å²) in [6.07, 6.45) is 1.52. The van der Waals surface area contributed by atoms with Gasteiger partial charge < -0.3 is 11.1 Å². The predicted molar refractivity (Wildman–Crippen MR) is 79.8 cm³/mol. The van der Waals surface area contributed by atoms with Gasteiger partial charge in [-0.2, -0.15) is 0 Å². The number of anilines is 2. The molecule has 19 heavy (non-hydrogen) atoms. The summed E-state index contributed by atoms with van der Waals surface area (Å²) in [4.78, 5) is 4.37. The van der Waals surface area contributed by atoms with Crippen LogP contribution in [0.4, 0.5) is 15.9 Å². The van der Waals surface area contributed by atoms with Gasteiger partial charge in [-0.25, -0.2) is 9.37 Å². The third kappa shape index (κ3) is 3.32. The number of nitrogens with one attached hydrogen (secondary N) is 1. The summed E-state index contributed by atoms with van der Waals surface area (Å²) < 4.78 is 13.0. The third-order valence-electron chi connectivity index (χ3n) is 2.31. The first-order valence-corrected chi connectivity index (χ1v) is 6.31. The van der Waals surface area contributed by atoms with Gasteiger partial charge in [0.2, 0.25) is 0 Å². The number of hydrogen-bond acceptors (Lipinski definition) is 3. The van der Waals surface area contributed by atoms with E-state index in [1.807, 2.05) is 0 Å². The number of thiocarbonyl (C=S) groups is 1. The van der Waals surface area contributed by atoms with Crippen molar-refractivity contribution in [1.29, 1.82) is 0 Å². The maximum Gasteiger partial charge on any atom is 0.130 e. The van der Waals surface area contributed by atoms with Crippen molar-refractivity contribution >= 4 is 51.9 Å². The lowest BCUT2D eigenvalue weighted by atomic mass is 10.2. The number of benzene rings is 1. The zero-order valence-electron chi connectivity index (χ0n) is 9.45. The van der Waals surface area contributed by atoms with E-state index >= 15 is 0 Å². The number of pyridine rings is 1. The molecule has 2 aromatic rings. The lowest BCUT2D eigenvalue weighted by Gasteiger charge is -2.10. The van der Waals surface area contributed by atoms with E-state index in [0.29, 0.717) is 17.1 Å². The first kappa shape index (κ1) is 14.0. The molecule has 0 aliphatic heterocycles. The molecular weight excluding hydrogens is 308 g/mol. The van der Waals surface area contributed by atoms with Crippen molar-refractivity contribution in [3.05, 3.63) is 51.9 Å². The van der Waals surface area contributed by atoms with Crippen LogP contribution >= 0.6 is 35.4 Å². The van der Waals surface area contributed by atoms with Crippen LogP contribution in [0.15, 0.2) is 30.5 Å². The zero-order valence-corrected chi connectivity index (χ0v) is 11.8. The Morgan fingerprint density at radius 3 is 2.37 bits per heavy atom. The van der Waals surface area contributed by atoms with Crippen molar-refractivity contribution in [2.24, 2.45) is 5.73 Å². The van der Waals surface area contributed by atoms with E-state index in [-0.39, 0.29) is 15.0 Å². The fraction of sp³-hybridized carbons (Fsp3) is 0. The van der Waals surface area contributed by atoms with Crippen molar-refractivity contribution < 1.29 is 4.39 Å². The second kappa shape index (κ2) is 5.69. The first-order chi connectivity index (χ1) is 8.97. The van der Waals surface area contributed by atoms with Crippen LogP contribution in [0.3, 0.4) is 0 Å². The summed E-state index contributed by atoms with van der Waals surface area (Å²) >= 11 is 16.6. The Hall–Kier alpha value is -1.43. The van der Waals surface area contributed by atoms with Crippen LogP contribution < -0.4 is 11.1 Å². The molecule has 2 rings (SSSR count). The van der Waals surface area contributed by atoms with Crippen molar-refractivity contribution in [2.45, 2.75) is 0 Å². The third-order valence-corrected chi connectivity index (χ3v) is 3.14. The van der Waals surface area contributed by atoms with Crippen LogP contribution in [0.5, 0.6) is 0 Å². The van der Waals surface area contributed by atoms with Gasteiger partial charge in [-0.3, -0.25) is 0 Å². The maximum atomic E-state index is 13.0. The fourth-order valence-corrected chi connectivity index (χ4v) is 2.08. The highest BCUT2D eigenvalue weighted by molar-refractivity contribution is 7.80. The van der Waals surface area contributed by atoms with E-state index < -0.39 is 5.82 Å². The molecule has 0 unspecified atom stereocenters. The van der Waals surface area contributed by atoms with E-state index in [1.54, 1.807) is 12.1 Å². The van der Waals surface area contributed by atoms with Gasteiger partial charge in [0.15, 0.2) is 0 Å². The quantitative estimate of drug-likeness (QED) is 0.843. The lowest BCUT2D eigenvalue weighted by Crippen LogP contribution is -2.09. The van der Waals surface area contributed by atoms with Crippen LogP contribution in [-0.2, 0) is 0 Å². The SMILES string of the molecule is NC(=S)c1ccc(Nc2c(Cl)cc(F)cc2Cl)nc1. The Bertz CT molecular complexity index is 608. The molecule has 0 bridgehead atoms. The smallest absolute Gasteiger partial charge is 0.130 e. The Balaban J connectivity index is 2.29. The molecular formula is C12H8Cl2FN3S. The van der Waals surface area contributed by atoms with E-state index in [9.17, 15) is 4.39 Å². The molecule has 1 heterocycles. The highest BCUT2D eigenvalue weighted by Crippen LogP contribution is 2.33. The maximum absolute atomic E-state index is 13.0. The highest BCUT2D eigenvalue weighted by Gasteiger charge is 2.09. The average Bonchev–Trinajstić information content (AvgIpc) is 2.34. The minimum absolute atomic E-state index is 0.172. The van der Waals surface area contributed by atoms with Gasteiger partial charge in [0.1, 0.15) is 16.6 Å². The molecule has 0 aliphatic rings. The van der Waals surface area contributed by atoms with Crippen molar-refractivity contribution in [3.8, 4) is 0 Å². The van der Waals surface area contributed by atoms with E-state index in [1.165, 1.54) is 18.3 Å². The minimum atomic E-state index is -0.502. The monoisotopic (exact) mass is 315 g/mol. The number of aromatic nitrogens is 1. The summed E-state index contributed by atoms with van der Waals surface area (Å²) in [5.74, 6) is -0.00672. The number of nitrogens with two attached hydrogens (primary N) is 1. The molecule has 0 saturated carbocycles. The predicted octanol–water partition coefficient (Wildman–Crippen LogP) is 3.91. The molecule has 0 spiro atoms. The second-order valence-corrected chi connectivity index (χ2v) is 4.92. The van der Waals surface area contributed by atoms with Gasteiger partial charge in [-0.15, -0.1) is 0 Å². The van der Waals surface area contributed by atoms with E-state index in [0.717, 1.165) is 0 Å². The highest BCUT2D eigenvalue weighted by atomic mass is 35.5. The Morgan fingerprint density at radius 2 is 1.89 bits per heavy atom. The Labute approximate surface area is 124 Å². The van der Waals surface area contributed by atoms with Crippen LogP contribution in [0.25, 0.3) is 0 Å². The van der Waals surface area contributed by atoms with Gasteiger partial charge in [0.25, 0.3) is 0 Å². The molecule has 0 aliphatic carbocycles. The zero-order chi connectivity index (χ0) is 14.0. The summed E-state index contributed by atoms with van der Waals surface area (Å²) in [6.45, 7) is 0. The summed E-state index contributed by atoms with van der Waals surface area (Å²) in [5.41, 5.74) is 6.51. The molecule has 7 heteroatoms. The Kier molecular flexibility index (Phi) is 4.19. The van der Waals surface area contributed by atoms with Crippen LogP contribution in [0.2, 0.25) is 10.0 Å². The molecule has 0 amide bonds. The van der Waals surface area contributed by atoms with Crippen molar-refractivity contribution in [3.63, 3.8) is 0 Å². The van der Waals surface area contributed by atoms with Crippen LogP contribution in [0.1, 0.15) is 5.56 Å². The molecule has 0 atom stereocenters. The van der Waals surface area contributed by atoms with Crippen molar-refractivity contribution in [1.82, 2.24) is 4.98 Å². The van der Waals surface area contributed by atoms with Gasteiger partial charge in [-0.1, -0.05) is 35.4 Å². The van der Waals surface area contributed by atoms with E-state index in [2.05, 4.69) is 10.3 Å². The van der Waals surface area contributed by atoms with E-state index in [4.69, 9.17) is 41.2 Å². The summed E-state index contributed by atoms with van der Waals surface area (Å²) in [6, 6.07) is 5.71. The molecule has 0 radical (unpaired) electrons. The number of nitrogens with zero attached hydrogens (tertiary/aromatic N) is 1. The molecule has 3 nitrogen and oxygen atoms in total. The molecule has 98 valence electrons. The van der Waals surface area contributed by atoms with Crippen LogP contribution in [-0.4, -0.2) is 9.97 Å². The van der Waals surface area contributed by atoms with Gasteiger partial charge in [-0.05, 0) is 24.3 Å². The van der Waals surface area contributed by atoms with Crippen molar-refractivity contribution in [2.75, 3.05) is 5.32 Å². The summed E-state index contributed by atoms with van der Waals surface area (Å²) in [5, 5.41) is 3.25. The standard InChI is InChI=1S/C12H8Cl2FN3S/c13-8-3-7(15)4-9(14)11(8)18-10-2-1-6(5-17-10)12(16)19/h1-5H,(H2,16,19)(H,17,18). The number of halogens is 3. The van der Waals surface area contributed by atoms with Crippen LogP contribution in [0, 0.1) is 5.82 Å². The van der Waals surface area contributed by atoms with Gasteiger partial charge in [0, 0.05) is 11.8 Å². The fourth-order valence-electron chi connectivity index (χ4n) is 1.40. The minimum Gasteiger partial charge on any atom is -0.389 e. The lowest BCUT2D eigenvalue weighted by molar-refractivity contribution is 0.628. The molecule has 0 saturated heterocycles. The van der Waals surface area contributed by atoms with Gasteiger partial charge >= 0.3 is 0 Å². The number of hydrogen-bond donors (Lipinski definition) is 2. The first-order valence-electron chi connectivity index (χ1n) is 5.15. The largest absolute Gasteiger partial charge is 0.389 e. The molecule has 1 aromatic carbocycles. The van der Waals surface area contributed by atoms with Gasteiger partial charge in [0.05, 0.1) is 15.7 Å². The topological polar surface area (TPSA) is 50.9 Å². The number of rotatable bonds is 3. The molecule has 3 N–H and O–H groups in total. The Morgan fingerprint density at radius 1 is 1.26 bits per heavy atom. The average molecular weight is 316 g/mol. The normalized spacial score (nSPS) is 10.3. The summed E-state index contributed by atoms with van der Waals surface area (Å²) in [7, 11) is 0. The second-order valence-electron chi connectivity index (χ2n) is 3.67. The molecule has 0 fully saturated rings.